The van der Waals surface area contributed by atoms with Gasteiger partial charge >= 0.3 is 0 Å². The molecule has 0 bridgehead atoms. The highest BCUT2D eigenvalue weighted by molar-refractivity contribution is 9.10. The molecule has 0 amide bonds. The van der Waals surface area contributed by atoms with Crippen molar-refractivity contribution in [3.63, 3.8) is 0 Å². The molecule has 0 aromatic heterocycles. The Bertz CT molecular complexity index is 769. The Morgan fingerprint density at radius 1 is 1.09 bits per heavy atom. The van der Waals surface area contributed by atoms with E-state index in [1.807, 2.05) is 36.4 Å². The predicted octanol–water partition coefficient (Wildman–Crippen LogP) is 4.57. The van der Waals surface area contributed by atoms with E-state index in [0.29, 0.717) is 6.54 Å². The smallest absolute Gasteiger partial charge is 0.193 e. The highest BCUT2D eigenvalue weighted by Gasteiger charge is 2.51. The minimum atomic E-state index is -0.706. The lowest BCUT2D eigenvalue weighted by Gasteiger charge is -2.34. The van der Waals surface area contributed by atoms with Gasteiger partial charge in [-0.15, -0.1) is 0 Å². The molecule has 22 heavy (non-hydrogen) atoms. The third kappa shape index (κ3) is 1.97. The molecule has 2 aromatic rings. The zero-order chi connectivity index (χ0) is 15.2. The number of Topliss-reactive ketones (excluding diaryl/α,β-unsaturated/α-hetero) is 1. The molecule has 1 aliphatic carbocycles. The molecular weight excluding hydrogens is 340 g/mol. The Morgan fingerprint density at radius 2 is 1.86 bits per heavy atom. The number of hydrogen-bond donors (Lipinski definition) is 0. The second-order valence-corrected chi connectivity index (χ2v) is 6.85. The highest BCUT2D eigenvalue weighted by atomic mass is 79.9. The van der Waals surface area contributed by atoms with Crippen LogP contribution in [0.4, 0.5) is 0 Å². The normalized spacial score (nSPS) is 26.4. The average molecular weight is 355 g/mol. The van der Waals surface area contributed by atoms with Gasteiger partial charge in [0.05, 0.1) is 6.54 Å². The molecule has 2 atom stereocenters. The van der Waals surface area contributed by atoms with Gasteiger partial charge in [-0.25, -0.2) is 0 Å². The van der Waals surface area contributed by atoms with Gasteiger partial charge in [0.15, 0.2) is 11.3 Å². The van der Waals surface area contributed by atoms with E-state index in [-0.39, 0.29) is 11.7 Å². The zero-order valence-electron chi connectivity index (χ0n) is 12.0. The average Bonchev–Trinajstić information content (AvgIpc) is 2.97. The standard InChI is InChI=1S/C18H15BrN2O/c19-14-7-5-13(6-8-14)16-11-20-21-18(16)10-9-12-3-1-2-4-15(12)17(18)22/h1-8,16H,9-11H2/t16-,18+/m0/s1. The fourth-order valence-electron chi connectivity index (χ4n) is 3.61. The maximum absolute atomic E-state index is 13.1. The van der Waals surface area contributed by atoms with E-state index < -0.39 is 5.54 Å². The molecule has 1 heterocycles. The first kappa shape index (κ1) is 13.8. The van der Waals surface area contributed by atoms with Crippen molar-refractivity contribution >= 4 is 21.7 Å². The number of carbonyl (C=O) groups excluding carboxylic acids is 1. The number of halogens is 1. The maximum atomic E-state index is 13.1. The van der Waals surface area contributed by atoms with Gasteiger partial charge in [-0.2, -0.15) is 10.2 Å². The number of benzene rings is 2. The summed E-state index contributed by atoms with van der Waals surface area (Å²) in [4.78, 5) is 13.1. The minimum absolute atomic E-state index is 0.0430. The van der Waals surface area contributed by atoms with Crippen molar-refractivity contribution in [2.75, 3.05) is 6.54 Å². The highest BCUT2D eigenvalue weighted by Crippen LogP contribution is 2.45. The first-order valence-corrected chi connectivity index (χ1v) is 8.27. The van der Waals surface area contributed by atoms with E-state index >= 15 is 0 Å². The van der Waals surface area contributed by atoms with Crippen molar-refractivity contribution in [1.82, 2.24) is 0 Å². The second-order valence-electron chi connectivity index (χ2n) is 5.94. The van der Waals surface area contributed by atoms with Gasteiger partial charge < -0.3 is 0 Å². The van der Waals surface area contributed by atoms with Crippen LogP contribution in [0.25, 0.3) is 0 Å². The molecule has 3 nitrogen and oxygen atoms in total. The molecule has 2 aliphatic rings. The molecular formula is C18H15BrN2O. The van der Waals surface area contributed by atoms with Crippen molar-refractivity contribution < 1.29 is 4.79 Å². The van der Waals surface area contributed by atoms with Gasteiger partial charge in [-0.1, -0.05) is 52.3 Å². The maximum Gasteiger partial charge on any atom is 0.193 e. The summed E-state index contributed by atoms with van der Waals surface area (Å²) in [5.74, 6) is 0.171. The summed E-state index contributed by atoms with van der Waals surface area (Å²) in [6.07, 6.45) is 1.63. The number of hydrogen-bond acceptors (Lipinski definition) is 3. The fraction of sp³-hybridized carbons (Fsp3) is 0.278. The number of ketones is 1. The van der Waals surface area contributed by atoms with E-state index in [4.69, 9.17) is 0 Å². The minimum Gasteiger partial charge on any atom is -0.291 e. The number of rotatable bonds is 1. The summed E-state index contributed by atoms with van der Waals surface area (Å²) in [5.41, 5.74) is 2.38. The van der Waals surface area contributed by atoms with Crippen LogP contribution in [0.15, 0.2) is 63.2 Å². The first-order valence-electron chi connectivity index (χ1n) is 7.47. The topological polar surface area (TPSA) is 41.8 Å². The van der Waals surface area contributed by atoms with Gasteiger partial charge in [-0.3, -0.25) is 4.79 Å². The molecule has 0 N–H and O–H groups in total. The van der Waals surface area contributed by atoms with Crippen molar-refractivity contribution in [2.45, 2.75) is 24.3 Å². The molecule has 2 aromatic carbocycles. The van der Waals surface area contributed by atoms with Crippen LogP contribution in [0.1, 0.15) is 33.8 Å². The van der Waals surface area contributed by atoms with E-state index in [1.165, 1.54) is 0 Å². The lowest BCUT2D eigenvalue weighted by atomic mass is 9.68. The number of aryl methyl sites for hydroxylation is 1. The Labute approximate surface area is 137 Å². The molecule has 1 spiro atoms. The largest absolute Gasteiger partial charge is 0.291 e. The van der Waals surface area contributed by atoms with Crippen LogP contribution in [0, 0.1) is 0 Å². The van der Waals surface area contributed by atoms with Gasteiger partial charge in [0.25, 0.3) is 0 Å². The number of azo groups is 1. The molecule has 1 aliphatic heterocycles. The third-order valence-corrected chi connectivity index (χ3v) is 5.32. The van der Waals surface area contributed by atoms with E-state index in [1.54, 1.807) is 0 Å². The molecule has 0 fully saturated rings. The zero-order valence-corrected chi connectivity index (χ0v) is 13.6. The van der Waals surface area contributed by atoms with Gasteiger partial charge in [0.1, 0.15) is 0 Å². The molecule has 0 saturated heterocycles. The van der Waals surface area contributed by atoms with Crippen LogP contribution >= 0.6 is 15.9 Å². The van der Waals surface area contributed by atoms with Crippen molar-refractivity contribution in [1.29, 1.82) is 0 Å². The summed E-state index contributed by atoms with van der Waals surface area (Å²) in [5, 5.41) is 8.71. The van der Waals surface area contributed by atoms with E-state index in [2.05, 4.69) is 38.3 Å². The van der Waals surface area contributed by atoms with Crippen LogP contribution in [-0.2, 0) is 6.42 Å². The van der Waals surface area contributed by atoms with Crippen LogP contribution < -0.4 is 0 Å². The van der Waals surface area contributed by atoms with Crippen molar-refractivity contribution in [3.8, 4) is 0 Å². The van der Waals surface area contributed by atoms with Crippen LogP contribution in [-0.4, -0.2) is 17.9 Å². The summed E-state index contributed by atoms with van der Waals surface area (Å²) in [6, 6.07) is 16.1. The number of fused-ring (bicyclic) bond motifs is 1. The second kappa shape index (κ2) is 5.13. The summed E-state index contributed by atoms with van der Waals surface area (Å²) in [6.45, 7) is 0.593. The SMILES string of the molecule is O=C1c2ccccc2CC[C@]12N=NC[C@H]2c1ccc(Br)cc1. The third-order valence-electron chi connectivity index (χ3n) is 4.79. The quantitative estimate of drug-likeness (QED) is 0.739. The monoisotopic (exact) mass is 354 g/mol. The van der Waals surface area contributed by atoms with Gasteiger partial charge in [-0.05, 0) is 36.1 Å². The molecule has 110 valence electrons. The summed E-state index contributed by atoms with van der Waals surface area (Å²) >= 11 is 3.46. The molecule has 0 radical (unpaired) electrons. The number of nitrogens with zero attached hydrogens (tertiary/aromatic N) is 2. The van der Waals surface area contributed by atoms with E-state index in [0.717, 1.165) is 34.0 Å². The molecule has 4 rings (SSSR count). The Balaban J connectivity index is 1.78. The van der Waals surface area contributed by atoms with Gasteiger partial charge in [0, 0.05) is 16.0 Å². The lowest BCUT2D eigenvalue weighted by Crippen LogP contribution is -2.44. The van der Waals surface area contributed by atoms with Crippen molar-refractivity contribution in [3.05, 3.63) is 69.7 Å². The Kier molecular flexibility index (Phi) is 3.22. The molecule has 0 unspecified atom stereocenters. The number of carbonyl (C=O) groups is 1. The van der Waals surface area contributed by atoms with Crippen LogP contribution in [0.2, 0.25) is 0 Å². The van der Waals surface area contributed by atoms with Crippen LogP contribution in [0.3, 0.4) is 0 Å². The Hall–Kier alpha value is -1.81. The summed E-state index contributed by atoms with van der Waals surface area (Å²) < 4.78 is 1.04. The molecule has 4 heteroatoms. The Morgan fingerprint density at radius 3 is 2.68 bits per heavy atom. The van der Waals surface area contributed by atoms with Crippen LogP contribution in [0.5, 0.6) is 0 Å². The van der Waals surface area contributed by atoms with Gasteiger partial charge in [0.2, 0.25) is 0 Å². The lowest BCUT2D eigenvalue weighted by molar-refractivity contribution is 0.0853. The van der Waals surface area contributed by atoms with E-state index in [9.17, 15) is 4.79 Å². The van der Waals surface area contributed by atoms with Crippen molar-refractivity contribution in [2.24, 2.45) is 10.2 Å². The molecule has 0 saturated carbocycles. The fourth-order valence-corrected chi connectivity index (χ4v) is 3.87. The predicted molar refractivity (Wildman–Crippen MR) is 88.4 cm³/mol. The summed E-state index contributed by atoms with van der Waals surface area (Å²) in [7, 11) is 0. The first-order chi connectivity index (χ1) is 10.7.